The summed E-state index contributed by atoms with van der Waals surface area (Å²) in [4.78, 5) is 14.5. The summed E-state index contributed by atoms with van der Waals surface area (Å²) in [6.07, 6.45) is 1.80. The van der Waals surface area contributed by atoms with Crippen molar-refractivity contribution in [3.63, 3.8) is 0 Å². The van der Waals surface area contributed by atoms with Crippen molar-refractivity contribution >= 4 is 5.91 Å². The van der Waals surface area contributed by atoms with Crippen LogP contribution in [0.4, 0.5) is 4.39 Å². The Morgan fingerprint density at radius 1 is 1.27 bits per heavy atom. The number of aromatic amines is 1. The van der Waals surface area contributed by atoms with Gasteiger partial charge < -0.3 is 4.90 Å². The molecule has 1 aromatic carbocycles. The molecule has 0 bridgehead atoms. The minimum atomic E-state index is -0.254. The molecule has 3 aromatic rings. The summed E-state index contributed by atoms with van der Waals surface area (Å²) in [7, 11) is 0. The Balaban J connectivity index is 1.49. The molecule has 4 rings (SSSR count). The van der Waals surface area contributed by atoms with Gasteiger partial charge in [-0.15, -0.1) is 0 Å². The van der Waals surface area contributed by atoms with E-state index in [4.69, 9.17) is 0 Å². The Bertz CT molecular complexity index is 941. The van der Waals surface area contributed by atoms with Gasteiger partial charge in [-0.25, -0.2) is 4.39 Å². The second-order valence-electron chi connectivity index (χ2n) is 6.93. The molecule has 1 aliphatic heterocycles. The Labute approximate surface area is 150 Å². The minimum absolute atomic E-state index is 0.0855. The number of nitrogens with zero attached hydrogens (tertiary/aromatic N) is 4. The summed E-state index contributed by atoms with van der Waals surface area (Å²) in [5, 5.41) is 11.5. The average molecular weight is 353 g/mol. The molecular weight excluding hydrogens is 333 g/mol. The van der Waals surface area contributed by atoms with Crippen LogP contribution in [0.25, 0.3) is 0 Å². The number of halogens is 1. The number of benzene rings is 1. The van der Waals surface area contributed by atoms with Crippen molar-refractivity contribution in [1.29, 1.82) is 0 Å². The zero-order chi connectivity index (χ0) is 18.3. The van der Waals surface area contributed by atoms with Gasteiger partial charge in [-0.1, -0.05) is 26.0 Å². The molecule has 0 fully saturated rings. The van der Waals surface area contributed by atoms with E-state index >= 15 is 0 Å². The third-order valence-electron chi connectivity index (χ3n) is 4.71. The summed E-state index contributed by atoms with van der Waals surface area (Å²) < 4.78 is 14.9. The summed E-state index contributed by atoms with van der Waals surface area (Å²) in [5.41, 5.74) is 4.42. The maximum atomic E-state index is 13.1. The van der Waals surface area contributed by atoms with Gasteiger partial charge in [-0.05, 0) is 29.7 Å². The molecule has 7 heteroatoms. The van der Waals surface area contributed by atoms with Crippen molar-refractivity contribution in [2.45, 2.75) is 39.4 Å². The van der Waals surface area contributed by atoms with Crippen LogP contribution in [0.15, 0.2) is 36.5 Å². The molecule has 0 aliphatic carbocycles. The van der Waals surface area contributed by atoms with Gasteiger partial charge in [0.25, 0.3) is 5.91 Å². The number of carbonyl (C=O) groups is 1. The number of rotatable bonds is 4. The number of hydrogen-bond acceptors (Lipinski definition) is 3. The summed E-state index contributed by atoms with van der Waals surface area (Å²) in [5.74, 6) is -0.0437. The van der Waals surface area contributed by atoms with Crippen molar-refractivity contribution in [3.8, 4) is 0 Å². The monoisotopic (exact) mass is 353 g/mol. The van der Waals surface area contributed by atoms with Crippen LogP contribution in [0.2, 0.25) is 0 Å². The van der Waals surface area contributed by atoms with Gasteiger partial charge in [-0.3, -0.25) is 14.6 Å². The predicted octanol–water partition coefficient (Wildman–Crippen LogP) is 3.07. The second-order valence-corrected chi connectivity index (χ2v) is 6.93. The lowest BCUT2D eigenvalue weighted by molar-refractivity contribution is 0.0742. The first-order valence-corrected chi connectivity index (χ1v) is 8.64. The van der Waals surface area contributed by atoms with E-state index in [1.807, 2.05) is 10.7 Å². The van der Waals surface area contributed by atoms with E-state index < -0.39 is 0 Å². The highest BCUT2D eigenvalue weighted by Gasteiger charge is 2.29. The third-order valence-corrected chi connectivity index (χ3v) is 4.71. The minimum Gasteiger partial charge on any atom is -0.327 e. The van der Waals surface area contributed by atoms with Crippen LogP contribution in [0.3, 0.4) is 0 Å². The number of aromatic nitrogens is 4. The molecule has 26 heavy (non-hydrogen) atoms. The van der Waals surface area contributed by atoms with Gasteiger partial charge in [0.05, 0.1) is 25.0 Å². The summed E-state index contributed by atoms with van der Waals surface area (Å²) in [6.45, 7) is 5.69. The van der Waals surface area contributed by atoms with Gasteiger partial charge in [0.2, 0.25) is 0 Å². The molecule has 0 spiro atoms. The molecule has 0 saturated carbocycles. The highest BCUT2D eigenvalue weighted by Crippen LogP contribution is 2.25. The number of fused-ring (bicyclic) bond motifs is 1. The van der Waals surface area contributed by atoms with Crippen molar-refractivity contribution in [2.24, 2.45) is 0 Å². The van der Waals surface area contributed by atoms with Gasteiger partial charge in [0.1, 0.15) is 11.5 Å². The lowest BCUT2D eigenvalue weighted by Gasteiger charge is -2.14. The number of H-pyrrole nitrogens is 1. The standard InChI is InChI=1S/C19H20FN5O/c1-12(2)16-7-17(23-22-16)19(26)24-10-14-8-21-25(18(14)11-24)9-13-3-5-15(20)6-4-13/h3-8,12H,9-11H2,1-2H3,(H,22,23). The van der Waals surface area contributed by atoms with Crippen LogP contribution in [0, 0.1) is 5.82 Å². The average Bonchev–Trinajstić information content (AvgIpc) is 3.33. The van der Waals surface area contributed by atoms with Gasteiger partial charge in [0.15, 0.2) is 0 Å². The fraction of sp³-hybridized carbons (Fsp3) is 0.316. The third kappa shape index (κ3) is 3.00. The topological polar surface area (TPSA) is 66.8 Å². The molecule has 1 aliphatic rings. The number of carbonyl (C=O) groups excluding carboxylic acids is 1. The summed E-state index contributed by atoms with van der Waals surface area (Å²) in [6, 6.07) is 8.20. The van der Waals surface area contributed by atoms with E-state index in [0.29, 0.717) is 31.2 Å². The van der Waals surface area contributed by atoms with E-state index in [1.54, 1.807) is 23.2 Å². The lowest BCUT2D eigenvalue weighted by atomic mass is 10.1. The van der Waals surface area contributed by atoms with Crippen LogP contribution < -0.4 is 0 Å². The van der Waals surface area contributed by atoms with Crippen LogP contribution in [-0.4, -0.2) is 30.8 Å². The van der Waals surface area contributed by atoms with Gasteiger partial charge >= 0.3 is 0 Å². The maximum absolute atomic E-state index is 13.1. The normalized spacial score (nSPS) is 13.5. The van der Waals surface area contributed by atoms with Crippen LogP contribution >= 0.6 is 0 Å². The van der Waals surface area contributed by atoms with Crippen molar-refractivity contribution in [1.82, 2.24) is 24.9 Å². The number of nitrogens with one attached hydrogen (secondary N) is 1. The highest BCUT2D eigenvalue weighted by molar-refractivity contribution is 5.92. The molecule has 134 valence electrons. The van der Waals surface area contributed by atoms with Crippen LogP contribution in [0.1, 0.15) is 52.8 Å². The summed E-state index contributed by atoms with van der Waals surface area (Å²) >= 11 is 0. The highest BCUT2D eigenvalue weighted by atomic mass is 19.1. The zero-order valence-electron chi connectivity index (χ0n) is 14.7. The van der Waals surface area contributed by atoms with E-state index in [0.717, 1.165) is 22.5 Å². The Hall–Kier alpha value is -2.96. The lowest BCUT2D eigenvalue weighted by Crippen LogP contribution is -2.26. The Morgan fingerprint density at radius 3 is 2.73 bits per heavy atom. The van der Waals surface area contributed by atoms with E-state index in [2.05, 4.69) is 29.1 Å². The maximum Gasteiger partial charge on any atom is 0.275 e. The van der Waals surface area contributed by atoms with Crippen molar-refractivity contribution in [2.75, 3.05) is 0 Å². The predicted molar refractivity (Wildman–Crippen MR) is 94.0 cm³/mol. The van der Waals surface area contributed by atoms with Gasteiger partial charge in [0, 0.05) is 17.8 Å². The molecule has 6 nitrogen and oxygen atoms in total. The first-order chi connectivity index (χ1) is 12.5. The van der Waals surface area contributed by atoms with E-state index in [9.17, 15) is 9.18 Å². The molecule has 1 N–H and O–H groups in total. The van der Waals surface area contributed by atoms with Crippen molar-refractivity contribution in [3.05, 3.63) is 70.6 Å². The zero-order valence-corrected chi connectivity index (χ0v) is 14.7. The van der Waals surface area contributed by atoms with E-state index in [1.165, 1.54) is 12.1 Å². The quantitative estimate of drug-likeness (QED) is 0.784. The first-order valence-electron chi connectivity index (χ1n) is 8.64. The SMILES string of the molecule is CC(C)c1cc(C(=O)N2Cc3cnn(Cc4ccc(F)cc4)c3C2)n[nH]1. The Morgan fingerprint density at radius 2 is 2.04 bits per heavy atom. The molecule has 1 amide bonds. The molecule has 3 heterocycles. The molecule has 0 unspecified atom stereocenters. The first kappa shape index (κ1) is 16.5. The molecule has 0 saturated heterocycles. The van der Waals surface area contributed by atoms with E-state index in [-0.39, 0.29) is 11.7 Å². The fourth-order valence-electron chi connectivity index (χ4n) is 3.15. The van der Waals surface area contributed by atoms with Crippen LogP contribution in [-0.2, 0) is 19.6 Å². The smallest absolute Gasteiger partial charge is 0.275 e. The number of amides is 1. The van der Waals surface area contributed by atoms with Crippen LogP contribution in [0.5, 0.6) is 0 Å². The molecule has 2 aromatic heterocycles. The number of hydrogen-bond donors (Lipinski definition) is 1. The Kier molecular flexibility index (Phi) is 4.06. The van der Waals surface area contributed by atoms with Crippen molar-refractivity contribution < 1.29 is 9.18 Å². The molecule has 0 atom stereocenters. The largest absolute Gasteiger partial charge is 0.327 e. The fourth-order valence-corrected chi connectivity index (χ4v) is 3.15. The second kappa shape index (κ2) is 6.40. The molecular formula is C19H20FN5O. The molecule has 0 radical (unpaired) electrons. The van der Waals surface area contributed by atoms with Gasteiger partial charge in [-0.2, -0.15) is 10.2 Å².